The number of carbonyl (C=O) groups excluding carboxylic acids is 1. The summed E-state index contributed by atoms with van der Waals surface area (Å²) in [5, 5.41) is 14.0. The zero-order valence-corrected chi connectivity index (χ0v) is 15.1. The van der Waals surface area contributed by atoms with Crippen LogP contribution < -0.4 is 24.8 Å². The van der Waals surface area contributed by atoms with Crippen molar-refractivity contribution in [3.63, 3.8) is 0 Å². The first-order chi connectivity index (χ1) is 13.7. The second-order valence-corrected chi connectivity index (χ2v) is 6.03. The van der Waals surface area contributed by atoms with Crippen molar-refractivity contribution < 1.29 is 19.0 Å². The normalized spacial score (nSPS) is 11.8. The molecule has 0 saturated heterocycles. The predicted molar refractivity (Wildman–Crippen MR) is 103 cm³/mol. The average molecular weight is 378 g/mol. The van der Waals surface area contributed by atoms with Crippen molar-refractivity contribution >= 4 is 17.4 Å². The van der Waals surface area contributed by atoms with E-state index in [2.05, 4.69) is 20.8 Å². The average Bonchev–Trinajstić information content (AvgIpc) is 3.20. The first-order valence-electron chi connectivity index (χ1n) is 8.63. The summed E-state index contributed by atoms with van der Waals surface area (Å²) < 4.78 is 15.8. The maximum absolute atomic E-state index is 12.3. The van der Waals surface area contributed by atoms with Crippen LogP contribution in [0.2, 0.25) is 0 Å². The molecule has 8 nitrogen and oxygen atoms in total. The fourth-order valence-electron chi connectivity index (χ4n) is 2.69. The van der Waals surface area contributed by atoms with Crippen LogP contribution in [0.5, 0.6) is 17.2 Å². The highest BCUT2D eigenvalue weighted by atomic mass is 16.7. The number of ether oxygens (including phenoxy) is 3. The molecule has 2 heterocycles. The molecule has 2 aromatic carbocycles. The molecule has 0 saturated carbocycles. The molecule has 0 atom stereocenters. The summed E-state index contributed by atoms with van der Waals surface area (Å²) in [4.78, 5) is 12.3. The van der Waals surface area contributed by atoms with Crippen LogP contribution in [-0.2, 0) is 6.54 Å². The number of methoxy groups -OCH3 is 1. The molecule has 8 heteroatoms. The Morgan fingerprint density at radius 3 is 2.79 bits per heavy atom. The van der Waals surface area contributed by atoms with Gasteiger partial charge in [0.15, 0.2) is 17.2 Å². The molecule has 3 aromatic rings. The number of nitrogens with zero attached hydrogens (tertiary/aromatic N) is 2. The fourth-order valence-corrected chi connectivity index (χ4v) is 2.69. The number of carbonyl (C=O) groups is 1. The summed E-state index contributed by atoms with van der Waals surface area (Å²) >= 11 is 0. The van der Waals surface area contributed by atoms with Crippen molar-refractivity contribution in [3.05, 3.63) is 65.9 Å². The highest BCUT2D eigenvalue weighted by molar-refractivity contribution is 6.02. The predicted octanol–water partition coefficient (Wildman–Crippen LogP) is 3.08. The molecule has 0 bridgehead atoms. The summed E-state index contributed by atoms with van der Waals surface area (Å²) in [5.41, 5.74) is 1.86. The SMILES string of the molecule is COc1cccc(NC(=O)c2ccc(NCc3ccc4c(c3)OCO4)nn2)c1. The maximum atomic E-state index is 12.3. The van der Waals surface area contributed by atoms with Gasteiger partial charge in [0.05, 0.1) is 7.11 Å². The molecular weight excluding hydrogens is 360 g/mol. The Morgan fingerprint density at radius 1 is 1.07 bits per heavy atom. The van der Waals surface area contributed by atoms with E-state index in [4.69, 9.17) is 14.2 Å². The summed E-state index contributed by atoms with van der Waals surface area (Å²) in [6.07, 6.45) is 0. The van der Waals surface area contributed by atoms with Crippen molar-refractivity contribution in [2.24, 2.45) is 0 Å². The van der Waals surface area contributed by atoms with Crippen LogP contribution in [-0.4, -0.2) is 30.0 Å². The Balaban J connectivity index is 1.36. The Kier molecular flexibility index (Phi) is 4.92. The minimum absolute atomic E-state index is 0.219. The highest BCUT2D eigenvalue weighted by Gasteiger charge is 2.13. The van der Waals surface area contributed by atoms with Gasteiger partial charge in [0.25, 0.3) is 5.91 Å². The first-order valence-corrected chi connectivity index (χ1v) is 8.63. The molecule has 2 N–H and O–H groups in total. The Hall–Kier alpha value is -3.81. The number of aromatic nitrogens is 2. The second kappa shape index (κ2) is 7.83. The lowest BCUT2D eigenvalue weighted by Gasteiger charge is -2.08. The minimum atomic E-state index is -0.344. The number of rotatable bonds is 6. The molecule has 4 rings (SSSR count). The molecule has 0 unspecified atom stereocenters. The van der Waals surface area contributed by atoms with Gasteiger partial charge in [0, 0.05) is 18.3 Å². The maximum Gasteiger partial charge on any atom is 0.276 e. The number of hydrogen-bond acceptors (Lipinski definition) is 7. The van der Waals surface area contributed by atoms with Gasteiger partial charge >= 0.3 is 0 Å². The van der Waals surface area contributed by atoms with Crippen LogP contribution in [0.4, 0.5) is 11.5 Å². The van der Waals surface area contributed by atoms with E-state index in [1.54, 1.807) is 43.5 Å². The number of amides is 1. The first kappa shape index (κ1) is 17.6. The number of nitrogens with one attached hydrogen (secondary N) is 2. The third kappa shape index (κ3) is 3.96. The van der Waals surface area contributed by atoms with Gasteiger partial charge in [0.1, 0.15) is 11.6 Å². The fraction of sp³-hybridized carbons (Fsp3) is 0.150. The van der Waals surface area contributed by atoms with Crippen molar-refractivity contribution in [2.45, 2.75) is 6.54 Å². The van der Waals surface area contributed by atoms with Gasteiger partial charge in [-0.1, -0.05) is 12.1 Å². The van der Waals surface area contributed by atoms with E-state index < -0.39 is 0 Å². The minimum Gasteiger partial charge on any atom is -0.497 e. The van der Waals surface area contributed by atoms with Crippen LogP contribution >= 0.6 is 0 Å². The van der Waals surface area contributed by atoms with E-state index in [1.165, 1.54) is 0 Å². The Bertz CT molecular complexity index is 992. The van der Waals surface area contributed by atoms with Crippen LogP contribution in [0.3, 0.4) is 0 Å². The zero-order chi connectivity index (χ0) is 19.3. The third-order valence-corrected chi connectivity index (χ3v) is 4.14. The summed E-state index contributed by atoms with van der Waals surface area (Å²) in [6, 6.07) is 16.2. The number of benzene rings is 2. The molecule has 142 valence electrons. The van der Waals surface area contributed by atoms with Gasteiger partial charge in [-0.3, -0.25) is 4.79 Å². The lowest BCUT2D eigenvalue weighted by molar-refractivity contribution is 0.102. The van der Waals surface area contributed by atoms with E-state index in [1.807, 2.05) is 18.2 Å². The van der Waals surface area contributed by atoms with Gasteiger partial charge < -0.3 is 24.8 Å². The van der Waals surface area contributed by atoms with Gasteiger partial charge in [-0.25, -0.2) is 0 Å². The Labute approximate surface area is 161 Å². The molecule has 0 fully saturated rings. The van der Waals surface area contributed by atoms with Gasteiger partial charge in [0.2, 0.25) is 6.79 Å². The van der Waals surface area contributed by atoms with Crippen molar-refractivity contribution in [1.82, 2.24) is 10.2 Å². The molecule has 0 aliphatic carbocycles. The van der Waals surface area contributed by atoms with Gasteiger partial charge in [-0.2, -0.15) is 0 Å². The van der Waals surface area contributed by atoms with Crippen LogP contribution in [0.1, 0.15) is 16.1 Å². The number of hydrogen-bond donors (Lipinski definition) is 2. The van der Waals surface area contributed by atoms with Crippen molar-refractivity contribution in [1.29, 1.82) is 0 Å². The summed E-state index contributed by atoms with van der Waals surface area (Å²) in [6.45, 7) is 0.789. The third-order valence-electron chi connectivity index (χ3n) is 4.14. The molecule has 28 heavy (non-hydrogen) atoms. The van der Waals surface area contributed by atoms with Gasteiger partial charge in [-0.05, 0) is 42.0 Å². The second-order valence-electron chi connectivity index (χ2n) is 6.03. The van der Waals surface area contributed by atoms with Gasteiger partial charge in [-0.15, -0.1) is 10.2 Å². The summed E-state index contributed by atoms with van der Waals surface area (Å²) in [7, 11) is 1.57. The summed E-state index contributed by atoms with van der Waals surface area (Å²) in [5.74, 6) is 2.36. The molecule has 1 aliphatic heterocycles. The lowest BCUT2D eigenvalue weighted by Crippen LogP contribution is -2.15. The molecule has 0 spiro atoms. The lowest BCUT2D eigenvalue weighted by atomic mass is 10.2. The van der Waals surface area contributed by atoms with Crippen LogP contribution in [0, 0.1) is 0 Å². The molecule has 1 aromatic heterocycles. The van der Waals surface area contributed by atoms with E-state index in [0.717, 1.165) is 17.1 Å². The largest absolute Gasteiger partial charge is 0.497 e. The number of fused-ring (bicyclic) bond motifs is 1. The van der Waals surface area contributed by atoms with E-state index in [0.29, 0.717) is 23.8 Å². The molecule has 1 aliphatic rings. The van der Waals surface area contributed by atoms with Crippen molar-refractivity contribution in [3.8, 4) is 17.2 Å². The van der Waals surface area contributed by atoms with Crippen molar-refractivity contribution in [2.75, 3.05) is 24.5 Å². The molecule has 1 amide bonds. The van der Waals surface area contributed by atoms with E-state index in [9.17, 15) is 4.79 Å². The molecule has 0 radical (unpaired) electrons. The van der Waals surface area contributed by atoms with E-state index >= 15 is 0 Å². The standard InChI is InChI=1S/C20H18N4O4/c1-26-15-4-2-3-14(10-15)22-20(25)16-6-8-19(24-23-16)21-11-13-5-7-17-18(9-13)28-12-27-17/h2-10H,11-12H2,1H3,(H,21,24)(H,22,25). The van der Waals surface area contributed by atoms with Crippen LogP contribution in [0.15, 0.2) is 54.6 Å². The zero-order valence-electron chi connectivity index (χ0n) is 15.1. The monoisotopic (exact) mass is 378 g/mol. The Morgan fingerprint density at radius 2 is 1.96 bits per heavy atom. The number of anilines is 2. The topological polar surface area (TPSA) is 94.6 Å². The smallest absolute Gasteiger partial charge is 0.276 e. The van der Waals surface area contributed by atoms with E-state index in [-0.39, 0.29) is 18.4 Å². The van der Waals surface area contributed by atoms with Crippen LogP contribution in [0.25, 0.3) is 0 Å². The molecular formula is C20H18N4O4. The highest BCUT2D eigenvalue weighted by Crippen LogP contribution is 2.32. The quantitative estimate of drug-likeness (QED) is 0.681.